The SMILES string of the molecule is C=C(/N=C(\C(F)=C/N)c1ccc(F)cc1OC)Nc1cc(CO)cc(C(F)(F)C(F)(F)F)c1. The minimum Gasteiger partial charge on any atom is -0.496 e. The first kappa shape index (κ1) is 25.7. The van der Waals surface area contributed by atoms with Crippen molar-refractivity contribution < 1.29 is 40.6 Å². The zero-order valence-electron chi connectivity index (χ0n) is 17.0. The van der Waals surface area contributed by atoms with Gasteiger partial charge in [-0.25, -0.2) is 13.8 Å². The van der Waals surface area contributed by atoms with Crippen molar-refractivity contribution in [2.24, 2.45) is 10.7 Å². The summed E-state index contributed by atoms with van der Waals surface area (Å²) in [4.78, 5) is 3.86. The average Bonchev–Trinajstić information content (AvgIpc) is 2.75. The van der Waals surface area contributed by atoms with Crippen LogP contribution in [0.5, 0.6) is 5.75 Å². The summed E-state index contributed by atoms with van der Waals surface area (Å²) in [6.45, 7) is 2.64. The van der Waals surface area contributed by atoms with Crippen LogP contribution in [-0.4, -0.2) is 24.1 Å². The summed E-state index contributed by atoms with van der Waals surface area (Å²) >= 11 is 0. The molecule has 0 atom stereocenters. The average molecular weight is 477 g/mol. The highest BCUT2D eigenvalue weighted by atomic mass is 19.4. The number of nitrogens with zero attached hydrogens (tertiary/aromatic N) is 1. The summed E-state index contributed by atoms with van der Waals surface area (Å²) in [7, 11) is 1.19. The Kier molecular flexibility index (Phi) is 7.75. The van der Waals surface area contributed by atoms with Crippen LogP contribution in [-0.2, 0) is 12.5 Å². The van der Waals surface area contributed by atoms with Crippen molar-refractivity contribution in [3.8, 4) is 5.75 Å². The van der Waals surface area contributed by atoms with Gasteiger partial charge in [0.2, 0.25) is 0 Å². The van der Waals surface area contributed by atoms with Crippen molar-refractivity contribution in [1.29, 1.82) is 0 Å². The molecular formula is C21H18F7N3O2. The number of halogens is 7. The van der Waals surface area contributed by atoms with Gasteiger partial charge in [-0.05, 0) is 35.9 Å². The van der Waals surface area contributed by atoms with Crippen molar-refractivity contribution in [2.45, 2.75) is 18.7 Å². The number of benzene rings is 2. The highest BCUT2D eigenvalue weighted by Gasteiger charge is 2.58. The van der Waals surface area contributed by atoms with Gasteiger partial charge in [-0.2, -0.15) is 22.0 Å². The largest absolute Gasteiger partial charge is 0.496 e. The summed E-state index contributed by atoms with van der Waals surface area (Å²) < 4.78 is 98.8. The molecule has 5 nitrogen and oxygen atoms in total. The second kappa shape index (κ2) is 9.94. The van der Waals surface area contributed by atoms with Crippen LogP contribution in [0, 0.1) is 5.82 Å². The van der Waals surface area contributed by atoms with Crippen LogP contribution >= 0.6 is 0 Å². The molecule has 0 aliphatic heterocycles. The van der Waals surface area contributed by atoms with E-state index in [1.54, 1.807) is 0 Å². The van der Waals surface area contributed by atoms with Gasteiger partial charge < -0.3 is 20.9 Å². The molecule has 0 amide bonds. The Morgan fingerprint density at radius 2 is 1.85 bits per heavy atom. The monoisotopic (exact) mass is 477 g/mol. The van der Waals surface area contributed by atoms with Crippen molar-refractivity contribution >= 4 is 11.4 Å². The lowest BCUT2D eigenvalue weighted by atomic mass is 10.0. The van der Waals surface area contributed by atoms with Crippen molar-refractivity contribution in [1.82, 2.24) is 0 Å². The number of anilines is 1. The molecule has 178 valence electrons. The summed E-state index contributed by atoms with van der Waals surface area (Å²) in [6.07, 6.45) is -5.34. The molecule has 0 saturated heterocycles. The molecular weight excluding hydrogens is 459 g/mol. The number of rotatable bonds is 8. The van der Waals surface area contributed by atoms with Gasteiger partial charge >= 0.3 is 12.1 Å². The molecule has 33 heavy (non-hydrogen) atoms. The number of aliphatic hydroxyl groups excluding tert-OH is 1. The van der Waals surface area contributed by atoms with Crippen LogP contribution < -0.4 is 15.8 Å². The minimum atomic E-state index is -5.88. The second-order valence-corrected chi connectivity index (χ2v) is 6.54. The Labute approximate surface area is 183 Å². The number of alkyl halides is 5. The zero-order chi connectivity index (χ0) is 25.0. The van der Waals surface area contributed by atoms with Crippen LogP contribution in [0.1, 0.15) is 16.7 Å². The smallest absolute Gasteiger partial charge is 0.458 e. The fourth-order valence-electron chi connectivity index (χ4n) is 2.71. The van der Waals surface area contributed by atoms with Crippen LogP contribution in [0.2, 0.25) is 0 Å². The lowest BCUT2D eigenvalue weighted by molar-refractivity contribution is -0.289. The highest BCUT2D eigenvalue weighted by molar-refractivity contribution is 6.13. The van der Waals surface area contributed by atoms with Gasteiger partial charge in [0.15, 0.2) is 5.83 Å². The third kappa shape index (κ3) is 5.83. The third-order valence-electron chi connectivity index (χ3n) is 4.22. The molecule has 4 N–H and O–H groups in total. The Balaban J connectivity index is 2.50. The Bertz CT molecular complexity index is 1100. The molecule has 0 aromatic heterocycles. The van der Waals surface area contributed by atoms with E-state index >= 15 is 0 Å². The first-order chi connectivity index (χ1) is 15.3. The molecule has 12 heteroatoms. The molecule has 2 aromatic rings. The first-order valence-electron chi connectivity index (χ1n) is 9.00. The number of allylic oxidation sites excluding steroid dienone is 1. The molecule has 0 fully saturated rings. The van der Waals surface area contributed by atoms with E-state index in [9.17, 15) is 35.8 Å². The molecule has 2 aromatic carbocycles. The molecule has 0 heterocycles. The number of aliphatic imine (C=N–C) groups is 1. The lowest BCUT2D eigenvalue weighted by Crippen LogP contribution is -2.33. The highest BCUT2D eigenvalue weighted by Crippen LogP contribution is 2.44. The molecule has 0 radical (unpaired) electrons. The van der Waals surface area contributed by atoms with E-state index in [0.29, 0.717) is 18.3 Å². The van der Waals surface area contributed by atoms with E-state index in [4.69, 9.17) is 10.5 Å². The van der Waals surface area contributed by atoms with Gasteiger partial charge in [-0.3, -0.25) is 0 Å². The molecule has 0 aliphatic carbocycles. The van der Waals surface area contributed by atoms with E-state index in [-0.39, 0.29) is 22.6 Å². The Morgan fingerprint density at radius 1 is 1.18 bits per heavy atom. The maximum atomic E-state index is 14.4. The quantitative estimate of drug-likeness (QED) is 0.364. The van der Waals surface area contributed by atoms with Crippen LogP contribution in [0.4, 0.5) is 36.4 Å². The second-order valence-electron chi connectivity index (χ2n) is 6.54. The predicted molar refractivity (Wildman–Crippen MR) is 108 cm³/mol. The molecule has 0 unspecified atom stereocenters. The van der Waals surface area contributed by atoms with Crippen molar-refractivity contribution in [3.63, 3.8) is 0 Å². The molecule has 2 rings (SSSR count). The van der Waals surface area contributed by atoms with E-state index in [2.05, 4.69) is 16.9 Å². The summed E-state index contributed by atoms with van der Waals surface area (Å²) in [5, 5.41) is 11.6. The van der Waals surface area contributed by atoms with Crippen LogP contribution in [0.25, 0.3) is 0 Å². The standard InChI is InChI=1S/C21H18F7N3O2/c1-11(31-19(17(23)9-29)16-4-3-14(22)8-18(16)33-2)30-15-6-12(10-32)5-13(7-15)20(24,25)21(26,27)28/h3-9,30,32H,1,10,29H2,2H3/b17-9+,31-19-. The molecule has 0 saturated carbocycles. The van der Waals surface area contributed by atoms with Gasteiger partial charge in [0.1, 0.15) is 23.1 Å². The van der Waals surface area contributed by atoms with E-state index in [0.717, 1.165) is 24.3 Å². The number of nitrogens with two attached hydrogens (primary N) is 1. The number of methoxy groups -OCH3 is 1. The number of hydrogen-bond acceptors (Lipinski definition) is 5. The van der Waals surface area contributed by atoms with E-state index < -0.39 is 47.4 Å². The van der Waals surface area contributed by atoms with Gasteiger partial charge in [-0.1, -0.05) is 6.58 Å². The first-order valence-corrected chi connectivity index (χ1v) is 9.00. The minimum absolute atomic E-state index is 0.0468. The Morgan fingerprint density at radius 3 is 2.39 bits per heavy atom. The van der Waals surface area contributed by atoms with Crippen LogP contribution in [0.15, 0.2) is 65.8 Å². The van der Waals surface area contributed by atoms with Gasteiger partial charge in [0.05, 0.1) is 13.7 Å². The molecule has 0 bridgehead atoms. The summed E-state index contributed by atoms with van der Waals surface area (Å²) in [6, 6.07) is 5.13. The fourth-order valence-corrected chi connectivity index (χ4v) is 2.71. The van der Waals surface area contributed by atoms with Gasteiger partial charge in [-0.15, -0.1) is 0 Å². The Hall–Kier alpha value is -3.54. The fraction of sp³-hybridized carbons (Fsp3) is 0.190. The van der Waals surface area contributed by atoms with Gasteiger partial charge in [0, 0.05) is 29.1 Å². The number of nitrogens with one attached hydrogen (secondary N) is 1. The predicted octanol–water partition coefficient (Wildman–Crippen LogP) is 5.12. The lowest BCUT2D eigenvalue weighted by Gasteiger charge is -2.21. The maximum absolute atomic E-state index is 14.4. The van der Waals surface area contributed by atoms with Gasteiger partial charge in [0.25, 0.3) is 0 Å². The number of hydrogen-bond donors (Lipinski definition) is 3. The topological polar surface area (TPSA) is 79.9 Å². The molecule has 0 aliphatic rings. The summed E-state index contributed by atoms with van der Waals surface area (Å²) in [5.41, 5.74) is 2.65. The maximum Gasteiger partial charge on any atom is 0.458 e. The third-order valence-corrected chi connectivity index (χ3v) is 4.22. The van der Waals surface area contributed by atoms with Crippen LogP contribution in [0.3, 0.4) is 0 Å². The van der Waals surface area contributed by atoms with E-state index in [1.165, 1.54) is 7.11 Å². The number of ether oxygens (including phenoxy) is 1. The number of aliphatic hydroxyl groups is 1. The summed E-state index contributed by atoms with van der Waals surface area (Å²) in [5.74, 6) is -7.50. The van der Waals surface area contributed by atoms with E-state index in [1.807, 2.05) is 0 Å². The normalized spacial score (nSPS) is 13.1. The molecule has 0 spiro atoms. The van der Waals surface area contributed by atoms with Crippen molar-refractivity contribution in [2.75, 3.05) is 12.4 Å². The van der Waals surface area contributed by atoms with Crippen molar-refractivity contribution in [3.05, 3.63) is 83.3 Å². The zero-order valence-corrected chi connectivity index (χ0v) is 17.0.